The minimum atomic E-state index is 0.599. The van der Waals surface area contributed by atoms with Gasteiger partial charge in [0.2, 0.25) is 0 Å². The summed E-state index contributed by atoms with van der Waals surface area (Å²) < 4.78 is 0. The molecule has 114 valence electrons. The summed E-state index contributed by atoms with van der Waals surface area (Å²) in [4.78, 5) is 4.54. The zero-order chi connectivity index (χ0) is 14.6. The van der Waals surface area contributed by atoms with E-state index in [0.717, 1.165) is 0 Å². The molecule has 0 amide bonds. The fourth-order valence-corrected chi connectivity index (χ4v) is 2.90. The molecule has 0 saturated carbocycles. The van der Waals surface area contributed by atoms with E-state index in [1.807, 2.05) is 12.1 Å². The van der Waals surface area contributed by atoms with Crippen LogP contribution in [0, 0.1) is 0 Å². The summed E-state index contributed by atoms with van der Waals surface area (Å²) in [6.45, 7) is 4.53. The Morgan fingerprint density at radius 1 is 0.900 bits per heavy atom. The Labute approximate surface area is 130 Å². The summed E-state index contributed by atoms with van der Waals surface area (Å²) >= 11 is 6.05. The van der Waals surface area contributed by atoms with Gasteiger partial charge in [0.25, 0.3) is 0 Å². The van der Waals surface area contributed by atoms with Crippen LogP contribution in [0.1, 0.15) is 89.7 Å². The first-order chi connectivity index (χ1) is 9.77. The average Bonchev–Trinajstić information content (AvgIpc) is 2.45. The van der Waals surface area contributed by atoms with Crippen LogP contribution >= 0.6 is 11.6 Å². The van der Waals surface area contributed by atoms with Gasteiger partial charge in [-0.2, -0.15) is 0 Å². The number of hydrogen-bond acceptors (Lipinski definition) is 1. The summed E-state index contributed by atoms with van der Waals surface area (Å²) in [5.74, 6) is 0.599. The first-order valence-corrected chi connectivity index (χ1v) is 8.78. The van der Waals surface area contributed by atoms with Crippen molar-refractivity contribution in [2.24, 2.45) is 0 Å². The van der Waals surface area contributed by atoms with E-state index in [0.29, 0.717) is 11.1 Å². The monoisotopic (exact) mass is 295 g/mol. The molecule has 20 heavy (non-hydrogen) atoms. The Kier molecular flexibility index (Phi) is 9.74. The minimum absolute atomic E-state index is 0.599. The maximum atomic E-state index is 6.05. The number of nitrogens with zero attached hydrogens (tertiary/aromatic N) is 1. The lowest BCUT2D eigenvalue weighted by molar-refractivity contribution is 0.489. The minimum Gasteiger partial charge on any atom is -0.241 e. The van der Waals surface area contributed by atoms with Crippen LogP contribution in [0.15, 0.2) is 18.2 Å². The second-order valence-electron chi connectivity index (χ2n) is 5.78. The Balaban J connectivity index is 2.49. The molecule has 1 aromatic rings. The van der Waals surface area contributed by atoms with Crippen molar-refractivity contribution in [1.82, 2.24) is 4.98 Å². The second-order valence-corrected chi connectivity index (χ2v) is 6.17. The smallest absolute Gasteiger partial charge is 0.129 e. The maximum Gasteiger partial charge on any atom is 0.129 e. The molecule has 0 spiro atoms. The molecule has 1 aromatic heterocycles. The molecule has 0 aromatic carbocycles. The van der Waals surface area contributed by atoms with E-state index >= 15 is 0 Å². The molecule has 0 aliphatic carbocycles. The van der Waals surface area contributed by atoms with Crippen LogP contribution in [0.4, 0.5) is 0 Å². The van der Waals surface area contributed by atoms with Gasteiger partial charge in [-0.25, -0.2) is 4.98 Å². The van der Waals surface area contributed by atoms with Gasteiger partial charge in [-0.15, -0.1) is 0 Å². The maximum absolute atomic E-state index is 6.05. The molecule has 0 N–H and O–H groups in total. The summed E-state index contributed by atoms with van der Waals surface area (Å²) in [6, 6.07) is 6.06. The quantitative estimate of drug-likeness (QED) is 0.324. The van der Waals surface area contributed by atoms with Crippen molar-refractivity contribution in [3.05, 3.63) is 29.0 Å². The van der Waals surface area contributed by atoms with Crippen LogP contribution in [0.3, 0.4) is 0 Å². The van der Waals surface area contributed by atoms with Crippen LogP contribution in [0.25, 0.3) is 0 Å². The first-order valence-electron chi connectivity index (χ1n) is 8.40. The fourth-order valence-electron chi connectivity index (χ4n) is 2.73. The molecule has 0 radical (unpaired) electrons. The van der Waals surface area contributed by atoms with Gasteiger partial charge in [-0.1, -0.05) is 82.9 Å². The van der Waals surface area contributed by atoms with Crippen LogP contribution < -0.4 is 0 Å². The molecule has 1 rings (SSSR count). The average molecular weight is 296 g/mol. The highest BCUT2D eigenvalue weighted by Gasteiger charge is 2.13. The van der Waals surface area contributed by atoms with Crippen molar-refractivity contribution in [2.75, 3.05) is 0 Å². The lowest BCUT2D eigenvalue weighted by atomic mass is 9.91. The van der Waals surface area contributed by atoms with Crippen molar-refractivity contribution >= 4 is 11.6 Å². The van der Waals surface area contributed by atoms with Crippen LogP contribution in [0.2, 0.25) is 5.15 Å². The molecule has 0 aliphatic rings. The van der Waals surface area contributed by atoms with Gasteiger partial charge < -0.3 is 0 Å². The standard InChI is InChI=1S/C18H30ClN/c1-3-5-7-9-12-16(13-10-8-6-4-2)17-14-11-15-18(19)20-17/h11,14-16H,3-10,12-13H2,1-2H3. The molecule has 1 nitrogen and oxygen atoms in total. The predicted molar refractivity (Wildman–Crippen MR) is 89.5 cm³/mol. The highest BCUT2D eigenvalue weighted by molar-refractivity contribution is 6.29. The third-order valence-electron chi connectivity index (χ3n) is 3.97. The zero-order valence-electron chi connectivity index (χ0n) is 13.2. The van der Waals surface area contributed by atoms with Gasteiger partial charge in [0.15, 0.2) is 0 Å². The Bertz CT molecular complexity index is 339. The third-order valence-corrected chi connectivity index (χ3v) is 4.18. The van der Waals surface area contributed by atoms with Crippen LogP contribution in [-0.4, -0.2) is 4.98 Å². The van der Waals surface area contributed by atoms with Crippen LogP contribution in [0.5, 0.6) is 0 Å². The lowest BCUT2D eigenvalue weighted by Gasteiger charge is -2.16. The first kappa shape index (κ1) is 17.5. The molecule has 0 atom stereocenters. The van der Waals surface area contributed by atoms with Gasteiger partial charge in [0, 0.05) is 11.6 Å². The summed E-state index contributed by atoms with van der Waals surface area (Å²) in [5.41, 5.74) is 1.20. The third kappa shape index (κ3) is 7.28. The summed E-state index contributed by atoms with van der Waals surface area (Å²) in [5, 5.41) is 0.634. The molecular formula is C18H30ClN. The lowest BCUT2D eigenvalue weighted by Crippen LogP contribution is -2.02. The highest BCUT2D eigenvalue weighted by atomic mass is 35.5. The topological polar surface area (TPSA) is 12.9 Å². The van der Waals surface area contributed by atoms with Gasteiger partial charge in [-0.3, -0.25) is 0 Å². The highest BCUT2D eigenvalue weighted by Crippen LogP contribution is 2.28. The summed E-state index contributed by atoms with van der Waals surface area (Å²) in [6.07, 6.45) is 13.2. The Morgan fingerprint density at radius 2 is 1.50 bits per heavy atom. The van der Waals surface area contributed by atoms with E-state index in [2.05, 4.69) is 24.9 Å². The molecule has 0 fully saturated rings. The van der Waals surface area contributed by atoms with Crippen molar-refractivity contribution in [3.63, 3.8) is 0 Å². The van der Waals surface area contributed by atoms with Gasteiger partial charge >= 0.3 is 0 Å². The predicted octanol–water partition coefficient (Wildman–Crippen LogP) is 6.76. The van der Waals surface area contributed by atoms with Crippen molar-refractivity contribution in [2.45, 2.75) is 84.0 Å². The molecule has 0 saturated heterocycles. The normalized spacial score (nSPS) is 11.2. The van der Waals surface area contributed by atoms with Gasteiger partial charge in [0.1, 0.15) is 5.15 Å². The molecule has 2 heteroatoms. The van der Waals surface area contributed by atoms with Gasteiger partial charge in [0.05, 0.1) is 0 Å². The molecular weight excluding hydrogens is 266 g/mol. The van der Waals surface area contributed by atoms with Crippen molar-refractivity contribution < 1.29 is 0 Å². The second kappa shape index (κ2) is 11.1. The van der Waals surface area contributed by atoms with Crippen LogP contribution in [-0.2, 0) is 0 Å². The number of aromatic nitrogens is 1. The number of unbranched alkanes of at least 4 members (excludes halogenated alkanes) is 6. The largest absolute Gasteiger partial charge is 0.241 e. The number of halogens is 1. The molecule has 1 heterocycles. The number of hydrogen-bond donors (Lipinski definition) is 0. The van der Waals surface area contributed by atoms with E-state index < -0.39 is 0 Å². The number of pyridine rings is 1. The zero-order valence-corrected chi connectivity index (χ0v) is 14.0. The van der Waals surface area contributed by atoms with E-state index in [1.165, 1.54) is 69.9 Å². The fraction of sp³-hybridized carbons (Fsp3) is 0.722. The Hall–Kier alpha value is -0.560. The Morgan fingerprint density at radius 3 is 2.00 bits per heavy atom. The SMILES string of the molecule is CCCCCCC(CCCCCC)c1cccc(Cl)n1. The molecule has 0 unspecified atom stereocenters. The summed E-state index contributed by atoms with van der Waals surface area (Å²) in [7, 11) is 0. The van der Waals surface area contributed by atoms with E-state index in [4.69, 9.17) is 11.6 Å². The van der Waals surface area contributed by atoms with E-state index in [-0.39, 0.29) is 0 Å². The molecule has 0 bridgehead atoms. The van der Waals surface area contributed by atoms with E-state index in [1.54, 1.807) is 0 Å². The van der Waals surface area contributed by atoms with Gasteiger partial charge in [-0.05, 0) is 25.0 Å². The molecule has 0 aliphatic heterocycles. The van der Waals surface area contributed by atoms with Crippen molar-refractivity contribution in [1.29, 1.82) is 0 Å². The van der Waals surface area contributed by atoms with E-state index in [9.17, 15) is 0 Å². The number of rotatable bonds is 11. The van der Waals surface area contributed by atoms with Crippen molar-refractivity contribution in [3.8, 4) is 0 Å².